The van der Waals surface area contributed by atoms with E-state index in [2.05, 4.69) is 9.80 Å². The topological polar surface area (TPSA) is 49.9 Å². The molecule has 1 heterocycles. The Morgan fingerprint density at radius 1 is 0.846 bits per heavy atom. The van der Waals surface area contributed by atoms with Gasteiger partial charge in [-0.3, -0.25) is 0 Å². The molecule has 0 saturated carbocycles. The number of benzene rings is 2. The average molecular weight is 382 g/mol. The SMILES string of the molecule is COc1ccc(N2CCN(c3ccc(S(=O)(=O)C(F)F)cc3)CC2)cc1. The number of piperazine rings is 1. The second-order valence-electron chi connectivity index (χ2n) is 5.97. The summed E-state index contributed by atoms with van der Waals surface area (Å²) in [5, 5.41) is 0. The summed E-state index contributed by atoms with van der Waals surface area (Å²) in [5.74, 6) is -2.59. The number of halogens is 2. The number of methoxy groups -OCH3 is 1. The maximum Gasteiger partial charge on any atom is 0.341 e. The van der Waals surface area contributed by atoms with Crippen molar-refractivity contribution >= 4 is 21.2 Å². The summed E-state index contributed by atoms with van der Waals surface area (Å²) in [6, 6.07) is 13.5. The summed E-state index contributed by atoms with van der Waals surface area (Å²) in [7, 11) is -2.91. The van der Waals surface area contributed by atoms with Crippen molar-refractivity contribution in [3.8, 4) is 5.75 Å². The third kappa shape index (κ3) is 3.75. The molecule has 0 N–H and O–H groups in total. The van der Waals surface area contributed by atoms with Gasteiger partial charge in [0, 0.05) is 37.6 Å². The molecule has 0 spiro atoms. The molecule has 0 aromatic heterocycles. The number of hydrogen-bond donors (Lipinski definition) is 0. The lowest BCUT2D eigenvalue weighted by Crippen LogP contribution is -2.46. The van der Waals surface area contributed by atoms with Crippen LogP contribution in [0.3, 0.4) is 0 Å². The second-order valence-corrected chi connectivity index (χ2v) is 7.89. The molecule has 5 nitrogen and oxygen atoms in total. The molecule has 1 fully saturated rings. The molecular weight excluding hydrogens is 362 g/mol. The van der Waals surface area contributed by atoms with Crippen molar-refractivity contribution in [3.63, 3.8) is 0 Å². The fourth-order valence-corrected chi connectivity index (χ4v) is 3.69. The van der Waals surface area contributed by atoms with Crippen LogP contribution < -0.4 is 14.5 Å². The lowest BCUT2D eigenvalue weighted by atomic mass is 10.2. The van der Waals surface area contributed by atoms with E-state index in [0.29, 0.717) is 0 Å². The van der Waals surface area contributed by atoms with Crippen molar-refractivity contribution in [2.24, 2.45) is 0 Å². The zero-order valence-corrected chi connectivity index (χ0v) is 15.1. The molecule has 1 aliphatic rings. The van der Waals surface area contributed by atoms with Gasteiger partial charge in [0.15, 0.2) is 0 Å². The van der Waals surface area contributed by atoms with Gasteiger partial charge in [-0.2, -0.15) is 8.78 Å². The number of hydrogen-bond acceptors (Lipinski definition) is 5. The Morgan fingerprint density at radius 3 is 1.65 bits per heavy atom. The van der Waals surface area contributed by atoms with Crippen LogP contribution in [-0.2, 0) is 9.84 Å². The molecule has 26 heavy (non-hydrogen) atoms. The van der Waals surface area contributed by atoms with Gasteiger partial charge in [0.25, 0.3) is 0 Å². The Hall–Kier alpha value is -2.35. The maximum absolute atomic E-state index is 12.6. The van der Waals surface area contributed by atoms with Crippen molar-refractivity contribution in [1.29, 1.82) is 0 Å². The Morgan fingerprint density at radius 2 is 1.27 bits per heavy atom. The number of alkyl halides is 2. The Kier molecular flexibility index (Phi) is 5.31. The van der Waals surface area contributed by atoms with Crippen LogP contribution in [0, 0.1) is 0 Å². The van der Waals surface area contributed by atoms with E-state index in [9.17, 15) is 17.2 Å². The fourth-order valence-electron chi connectivity index (χ4n) is 2.97. The van der Waals surface area contributed by atoms with Crippen LogP contribution in [0.5, 0.6) is 5.75 Å². The summed E-state index contributed by atoms with van der Waals surface area (Å²) in [5.41, 5.74) is 1.94. The first-order valence-corrected chi connectivity index (χ1v) is 9.72. The Bertz CT molecular complexity index is 832. The van der Waals surface area contributed by atoms with E-state index < -0.39 is 15.6 Å². The zero-order valence-electron chi connectivity index (χ0n) is 14.3. The average Bonchev–Trinajstić information content (AvgIpc) is 2.68. The van der Waals surface area contributed by atoms with Gasteiger partial charge in [-0.15, -0.1) is 0 Å². The molecule has 3 rings (SSSR count). The highest BCUT2D eigenvalue weighted by Gasteiger charge is 2.26. The van der Waals surface area contributed by atoms with Crippen molar-refractivity contribution in [2.45, 2.75) is 10.7 Å². The molecule has 2 aromatic rings. The van der Waals surface area contributed by atoms with Gasteiger partial charge in [-0.05, 0) is 48.5 Å². The highest BCUT2D eigenvalue weighted by atomic mass is 32.2. The normalized spacial score (nSPS) is 15.4. The van der Waals surface area contributed by atoms with E-state index in [1.54, 1.807) is 19.2 Å². The second kappa shape index (κ2) is 7.49. The van der Waals surface area contributed by atoms with Crippen molar-refractivity contribution < 1.29 is 21.9 Å². The fraction of sp³-hybridized carbons (Fsp3) is 0.333. The van der Waals surface area contributed by atoms with Crippen LogP contribution >= 0.6 is 0 Å². The van der Waals surface area contributed by atoms with Crippen LogP contribution in [0.4, 0.5) is 20.2 Å². The molecule has 0 aliphatic carbocycles. The molecule has 0 radical (unpaired) electrons. The van der Waals surface area contributed by atoms with Crippen LogP contribution in [0.25, 0.3) is 0 Å². The highest BCUT2D eigenvalue weighted by Crippen LogP contribution is 2.25. The summed E-state index contributed by atoms with van der Waals surface area (Å²) in [6.07, 6.45) is 0. The lowest BCUT2D eigenvalue weighted by Gasteiger charge is -2.37. The molecular formula is C18H20F2N2O3S. The zero-order chi connectivity index (χ0) is 18.7. The van der Waals surface area contributed by atoms with Gasteiger partial charge in [0.2, 0.25) is 9.84 Å². The third-order valence-electron chi connectivity index (χ3n) is 4.48. The number of nitrogens with zero attached hydrogens (tertiary/aromatic N) is 2. The lowest BCUT2D eigenvalue weighted by molar-refractivity contribution is 0.234. The summed E-state index contributed by atoms with van der Waals surface area (Å²) >= 11 is 0. The number of anilines is 2. The number of ether oxygens (including phenoxy) is 1. The third-order valence-corrected chi connectivity index (χ3v) is 5.88. The summed E-state index contributed by atoms with van der Waals surface area (Å²) in [6.45, 7) is 3.13. The first-order valence-electron chi connectivity index (χ1n) is 8.18. The van der Waals surface area contributed by atoms with Gasteiger partial charge in [-0.1, -0.05) is 0 Å². The van der Waals surface area contributed by atoms with Crippen LogP contribution in [-0.4, -0.2) is 47.5 Å². The molecule has 0 amide bonds. The van der Waals surface area contributed by atoms with Crippen LogP contribution in [0.1, 0.15) is 0 Å². The van der Waals surface area contributed by atoms with Crippen molar-refractivity contribution in [2.75, 3.05) is 43.1 Å². The molecule has 140 valence electrons. The van der Waals surface area contributed by atoms with E-state index in [1.807, 2.05) is 24.3 Å². The van der Waals surface area contributed by atoms with Crippen LogP contribution in [0.2, 0.25) is 0 Å². The quantitative estimate of drug-likeness (QED) is 0.796. The molecule has 1 saturated heterocycles. The van der Waals surface area contributed by atoms with Gasteiger partial charge in [0.1, 0.15) is 5.75 Å². The first-order chi connectivity index (χ1) is 12.4. The van der Waals surface area contributed by atoms with Gasteiger partial charge < -0.3 is 14.5 Å². The Balaban J connectivity index is 1.64. The highest BCUT2D eigenvalue weighted by molar-refractivity contribution is 7.91. The summed E-state index contributed by atoms with van der Waals surface area (Å²) < 4.78 is 53.3. The summed E-state index contributed by atoms with van der Waals surface area (Å²) in [4.78, 5) is 4.01. The van der Waals surface area contributed by atoms with Gasteiger partial charge in [-0.25, -0.2) is 8.42 Å². The smallest absolute Gasteiger partial charge is 0.341 e. The number of rotatable bonds is 5. The molecule has 2 aromatic carbocycles. The molecule has 0 unspecified atom stereocenters. The minimum absolute atomic E-state index is 0.354. The first kappa shape index (κ1) is 18.4. The largest absolute Gasteiger partial charge is 0.497 e. The van der Waals surface area contributed by atoms with Crippen molar-refractivity contribution in [3.05, 3.63) is 48.5 Å². The predicted molar refractivity (Wildman–Crippen MR) is 97.1 cm³/mol. The Labute approximate surface area is 151 Å². The molecule has 0 bridgehead atoms. The monoisotopic (exact) mass is 382 g/mol. The van der Waals surface area contributed by atoms with Crippen LogP contribution in [0.15, 0.2) is 53.4 Å². The maximum atomic E-state index is 12.6. The minimum Gasteiger partial charge on any atom is -0.497 e. The molecule has 8 heteroatoms. The standard InChI is InChI=1S/C18H20F2N2O3S/c1-25-16-6-2-14(3-7-16)21-10-12-22(13-11-21)15-4-8-17(9-5-15)26(23,24)18(19)20/h2-9,18H,10-13H2,1H3. The molecule has 1 aliphatic heterocycles. The van der Waals surface area contributed by atoms with E-state index in [-0.39, 0.29) is 4.90 Å². The number of sulfone groups is 1. The van der Waals surface area contributed by atoms with Crippen molar-refractivity contribution in [1.82, 2.24) is 0 Å². The van der Waals surface area contributed by atoms with E-state index in [1.165, 1.54) is 12.1 Å². The molecule has 0 atom stereocenters. The van der Waals surface area contributed by atoms with E-state index in [4.69, 9.17) is 4.74 Å². The van der Waals surface area contributed by atoms with E-state index >= 15 is 0 Å². The minimum atomic E-state index is -4.55. The van der Waals surface area contributed by atoms with E-state index in [0.717, 1.165) is 43.3 Å². The van der Waals surface area contributed by atoms with Gasteiger partial charge in [0.05, 0.1) is 12.0 Å². The predicted octanol–water partition coefficient (Wildman–Crippen LogP) is 3.02. The van der Waals surface area contributed by atoms with Gasteiger partial charge >= 0.3 is 5.76 Å².